The van der Waals surface area contributed by atoms with Crippen LogP contribution in [-0.2, 0) is 6.42 Å². The minimum absolute atomic E-state index is 0.00560. The van der Waals surface area contributed by atoms with Crippen LogP contribution in [0.2, 0.25) is 0 Å². The summed E-state index contributed by atoms with van der Waals surface area (Å²) in [5.41, 5.74) is 0.150. The Hall–Kier alpha value is -1.50. The first-order valence-corrected chi connectivity index (χ1v) is 2.66. The molecule has 1 aromatic rings. The van der Waals surface area contributed by atoms with Crippen molar-refractivity contribution in [2.24, 2.45) is 0 Å². The average molecular weight is 137 g/mol. The highest BCUT2D eigenvalue weighted by molar-refractivity contribution is 5.06. The van der Waals surface area contributed by atoms with E-state index < -0.39 is 5.82 Å². The highest BCUT2D eigenvalue weighted by Crippen LogP contribution is 1.99. The number of nitriles is 1. The molecule has 3 nitrogen and oxygen atoms in total. The van der Waals surface area contributed by atoms with Gasteiger partial charge in [0.15, 0.2) is 5.82 Å². The summed E-state index contributed by atoms with van der Waals surface area (Å²) < 4.78 is 12.5. The van der Waals surface area contributed by atoms with Gasteiger partial charge in [-0.05, 0) is 0 Å². The molecule has 10 heavy (non-hydrogen) atoms. The minimum Gasteiger partial charge on any atom is -0.242 e. The second-order valence-electron chi connectivity index (χ2n) is 1.65. The number of halogens is 1. The fourth-order valence-corrected chi connectivity index (χ4v) is 0.543. The molecule has 1 aromatic heterocycles. The fourth-order valence-electron chi connectivity index (χ4n) is 0.543. The maximum atomic E-state index is 12.5. The molecule has 0 saturated carbocycles. The van der Waals surface area contributed by atoms with Gasteiger partial charge in [0.25, 0.3) is 0 Å². The van der Waals surface area contributed by atoms with Gasteiger partial charge < -0.3 is 0 Å². The number of nitrogens with zero attached hydrogens (tertiary/aromatic N) is 3. The van der Waals surface area contributed by atoms with E-state index in [2.05, 4.69) is 9.97 Å². The molecule has 0 aromatic carbocycles. The van der Waals surface area contributed by atoms with Crippen molar-refractivity contribution in [1.29, 1.82) is 5.26 Å². The second-order valence-corrected chi connectivity index (χ2v) is 1.65. The van der Waals surface area contributed by atoms with Crippen molar-refractivity contribution in [3.63, 3.8) is 0 Å². The maximum Gasteiger partial charge on any atom is 0.164 e. The molecule has 0 aliphatic carbocycles. The van der Waals surface area contributed by atoms with Gasteiger partial charge in [0.1, 0.15) is 6.33 Å². The van der Waals surface area contributed by atoms with Gasteiger partial charge in [0.2, 0.25) is 0 Å². The Kier molecular flexibility index (Phi) is 1.90. The summed E-state index contributed by atoms with van der Waals surface area (Å²) in [6.45, 7) is 0. The summed E-state index contributed by atoms with van der Waals surface area (Å²) in [5, 5.41) is 8.17. The van der Waals surface area contributed by atoms with E-state index in [0.29, 0.717) is 0 Å². The molecule has 0 aliphatic rings. The fraction of sp³-hybridized carbons (Fsp3) is 0.167. The van der Waals surface area contributed by atoms with Crippen molar-refractivity contribution in [3.05, 3.63) is 24.0 Å². The molecular formula is C6H4FN3. The van der Waals surface area contributed by atoms with Crippen LogP contribution < -0.4 is 0 Å². The maximum absolute atomic E-state index is 12.5. The zero-order valence-electron chi connectivity index (χ0n) is 5.08. The lowest BCUT2D eigenvalue weighted by molar-refractivity contribution is 0.597. The zero-order valence-corrected chi connectivity index (χ0v) is 5.08. The molecule has 0 atom stereocenters. The predicted octanol–water partition coefficient (Wildman–Crippen LogP) is 0.682. The molecule has 50 valence electrons. The van der Waals surface area contributed by atoms with Crippen molar-refractivity contribution >= 4 is 0 Å². The van der Waals surface area contributed by atoms with Crippen molar-refractivity contribution in [1.82, 2.24) is 9.97 Å². The molecule has 0 amide bonds. The first-order valence-electron chi connectivity index (χ1n) is 2.66. The molecule has 0 unspecified atom stereocenters. The Labute approximate surface area is 57.2 Å². The molecule has 0 radical (unpaired) electrons. The van der Waals surface area contributed by atoms with Crippen LogP contribution in [0.3, 0.4) is 0 Å². The van der Waals surface area contributed by atoms with Crippen molar-refractivity contribution in [2.45, 2.75) is 6.42 Å². The molecular weight excluding hydrogens is 133 g/mol. The van der Waals surface area contributed by atoms with E-state index in [-0.39, 0.29) is 12.1 Å². The number of aromatic nitrogens is 2. The van der Waals surface area contributed by atoms with Gasteiger partial charge in [-0.3, -0.25) is 0 Å². The molecule has 0 N–H and O–H groups in total. The third kappa shape index (κ3) is 1.26. The van der Waals surface area contributed by atoms with Gasteiger partial charge >= 0.3 is 0 Å². The van der Waals surface area contributed by atoms with Crippen LogP contribution in [0.4, 0.5) is 4.39 Å². The molecule has 0 aliphatic heterocycles. The van der Waals surface area contributed by atoms with E-state index in [0.717, 1.165) is 6.20 Å². The number of hydrogen-bond acceptors (Lipinski definition) is 3. The Morgan fingerprint density at radius 1 is 1.70 bits per heavy atom. The van der Waals surface area contributed by atoms with E-state index in [1.807, 2.05) is 0 Å². The lowest BCUT2D eigenvalue weighted by Gasteiger charge is -1.91. The van der Waals surface area contributed by atoms with Gasteiger partial charge in [0.05, 0.1) is 24.4 Å². The van der Waals surface area contributed by atoms with Gasteiger partial charge in [-0.2, -0.15) is 5.26 Å². The summed E-state index contributed by atoms with van der Waals surface area (Å²) >= 11 is 0. The molecule has 1 heterocycles. The minimum atomic E-state index is -0.524. The van der Waals surface area contributed by atoms with Gasteiger partial charge in [-0.1, -0.05) is 0 Å². The summed E-state index contributed by atoms with van der Waals surface area (Å²) in [7, 11) is 0. The van der Waals surface area contributed by atoms with Crippen LogP contribution in [0.25, 0.3) is 0 Å². The highest BCUT2D eigenvalue weighted by Gasteiger charge is 1.99. The monoisotopic (exact) mass is 137 g/mol. The standard InChI is InChI=1S/C6H4FN3/c7-5-3-9-4-10-6(5)1-2-8/h3-4H,1H2. The number of rotatable bonds is 1. The van der Waals surface area contributed by atoms with Crippen LogP contribution in [0.1, 0.15) is 5.69 Å². The van der Waals surface area contributed by atoms with E-state index in [9.17, 15) is 4.39 Å². The lowest BCUT2D eigenvalue weighted by atomic mass is 10.3. The summed E-state index contributed by atoms with van der Waals surface area (Å²) in [6.07, 6.45) is 2.25. The van der Waals surface area contributed by atoms with Crippen LogP contribution in [0.15, 0.2) is 12.5 Å². The topological polar surface area (TPSA) is 49.6 Å². The highest BCUT2D eigenvalue weighted by atomic mass is 19.1. The molecule has 1 rings (SSSR count). The van der Waals surface area contributed by atoms with Crippen molar-refractivity contribution in [2.75, 3.05) is 0 Å². The van der Waals surface area contributed by atoms with Crippen LogP contribution in [0.5, 0.6) is 0 Å². The lowest BCUT2D eigenvalue weighted by Crippen LogP contribution is -1.93. The largest absolute Gasteiger partial charge is 0.242 e. The van der Waals surface area contributed by atoms with Crippen LogP contribution >= 0.6 is 0 Å². The van der Waals surface area contributed by atoms with E-state index in [1.54, 1.807) is 6.07 Å². The summed E-state index contributed by atoms with van der Waals surface area (Å²) in [5.74, 6) is -0.524. The first kappa shape index (κ1) is 6.62. The van der Waals surface area contributed by atoms with Crippen molar-refractivity contribution < 1.29 is 4.39 Å². The Bertz CT molecular complexity index is 266. The first-order chi connectivity index (χ1) is 4.84. The quantitative estimate of drug-likeness (QED) is 0.571. The molecule has 0 fully saturated rings. The van der Waals surface area contributed by atoms with Gasteiger partial charge in [-0.15, -0.1) is 0 Å². The summed E-state index contributed by atoms with van der Waals surface area (Å²) in [4.78, 5) is 6.99. The van der Waals surface area contributed by atoms with Crippen molar-refractivity contribution in [3.8, 4) is 6.07 Å². The molecule has 4 heteroatoms. The van der Waals surface area contributed by atoms with Crippen LogP contribution in [0, 0.1) is 17.1 Å². The Morgan fingerprint density at radius 2 is 2.50 bits per heavy atom. The molecule has 0 saturated heterocycles. The molecule has 0 bridgehead atoms. The van der Waals surface area contributed by atoms with Crippen LogP contribution in [-0.4, -0.2) is 9.97 Å². The second kappa shape index (κ2) is 2.87. The Morgan fingerprint density at radius 3 is 3.10 bits per heavy atom. The third-order valence-electron chi connectivity index (χ3n) is 0.990. The predicted molar refractivity (Wildman–Crippen MR) is 31.3 cm³/mol. The van der Waals surface area contributed by atoms with E-state index in [1.165, 1.54) is 6.33 Å². The number of hydrogen-bond donors (Lipinski definition) is 0. The van der Waals surface area contributed by atoms with E-state index in [4.69, 9.17) is 5.26 Å². The normalized spacial score (nSPS) is 8.80. The smallest absolute Gasteiger partial charge is 0.164 e. The third-order valence-corrected chi connectivity index (χ3v) is 0.990. The van der Waals surface area contributed by atoms with E-state index >= 15 is 0 Å². The Balaban J connectivity index is 2.94. The SMILES string of the molecule is N#CCc1ncncc1F. The summed E-state index contributed by atoms with van der Waals surface area (Å²) in [6, 6.07) is 1.79. The zero-order chi connectivity index (χ0) is 7.40. The van der Waals surface area contributed by atoms with Gasteiger partial charge in [0, 0.05) is 0 Å². The molecule has 0 spiro atoms. The average Bonchev–Trinajstić information content (AvgIpc) is 1.94. The van der Waals surface area contributed by atoms with Gasteiger partial charge in [-0.25, -0.2) is 14.4 Å².